The van der Waals surface area contributed by atoms with Crippen LogP contribution in [0, 0.1) is 0 Å². The summed E-state index contributed by atoms with van der Waals surface area (Å²) in [5.74, 6) is 0.832. The molecule has 1 aliphatic rings. The van der Waals surface area contributed by atoms with E-state index in [1.54, 1.807) is 26.4 Å². The third-order valence-electron chi connectivity index (χ3n) is 5.87. The largest absolute Gasteiger partial charge is 0.496 e. The second-order valence-corrected chi connectivity index (χ2v) is 7.57. The maximum absolute atomic E-state index is 13.1. The van der Waals surface area contributed by atoms with Gasteiger partial charge in [-0.25, -0.2) is 0 Å². The molecule has 3 aromatic rings. The standard InChI is InChI=1S/C25H28N2O3/c1-29-22-13-8-14-23(30-2)24(22)25(28)26-17-21(27-15-5-6-16-27)20-12-7-10-18-9-3-4-11-19(18)20/h3-4,7-14,21H,5-6,15-17H2,1-2H3,(H,26,28)/t21-/m0/s1. The van der Waals surface area contributed by atoms with Crippen molar-refractivity contribution in [3.05, 3.63) is 71.8 Å². The van der Waals surface area contributed by atoms with Crippen molar-refractivity contribution < 1.29 is 14.3 Å². The number of benzene rings is 3. The first-order valence-electron chi connectivity index (χ1n) is 10.4. The number of fused-ring (bicyclic) bond motifs is 1. The Morgan fingerprint density at radius 2 is 1.57 bits per heavy atom. The molecule has 0 aliphatic carbocycles. The van der Waals surface area contributed by atoms with Crippen LogP contribution in [0.5, 0.6) is 11.5 Å². The fourth-order valence-corrected chi connectivity index (χ4v) is 4.38. The molecule has 30 heavy (non-hydrogen) atoms. The van der Waals surface area contributed by atoms with Gasteiger partial charge in [0.1, 0.15) is 17.1 Å². The minimum absolute atomic E-state index is 0.114. The lowest BCUT2D eigenvalue weighted by Crippen LogP contribution is -2.37. The predicted molar refractivity (Wildman–Crippen MR) is 119 cm³/mol. The van der Waals surface area contributed by atoms with Gasteiger partial charge in [0, 0.05) is 6.54 Å². The van der Waals surface area contributed by atoms with Crippen LogP contribution in [0.2, 0.25) is 0 Å². The van der Waals surface area contributed by atoms with Crippen molar-refractivity contribution in [3.8, 4) is 11.5 Å². The molecule has 1 N–H and O–H groups in total. The first-order chi connectivity index (χ1) is 14.7. The number of ether oxygens (including phenoxy) is 2. The van der Waals surface area contributed by atoms with Gasteiger partial charge in [-0.05, 0) is 54.4 Å². The highest BCUT2D eigenvalue weighted by Crippen LogP contribution is 2.32. The molecule has 0 spiro atoms. The molecule has 3 aromatic carbocycles. The Balaban J connectivity index is 1.64. The molecule has 1 atom stereocenters. The summed E-state index contributed by atoms with van der Waals surface area (Å²) in [4.78, 5) is 15.6. The second kappa shape index (κ2) is 9.18. The van der Waals surface area contributed by atoms with Crippen LogP contribution in [0.25, 0.3) is 10.8 Å². The molecular weight excluding hydrogens is 376 g/mol. The van der Waals surface area contributed by atoms with Gasteiger partial charge in [0.15, 0.2) is 0 Å². The molecular formula is C25H28N2O3. The number of hydrogen-bond donors (Lipinski definition) is 1. The number of methoxy groups -OCH3 is 2. The summed E-state index contributed by atoms with van der Waals surface area (Å²) in [6, 6.07) is 20.3. The number of carbonyl (C=O) groups is 1. The summed E-state index contributed by atoms with van der Waals surface area (Å²) in [5.41, 5.74) is 1.68. The zero-order chi connectivity index (χ0) is 20.9. The maximum Gasteiger partial charge on any atom is 0.258 e. The number of hydrogen-bond acceptors (Lipinski definition) is 4. The third kappa shape index (κ3) is 3.98. The highest BCUT2D eigenvalue weighted by atomic mass is 16.5. The van der Waals surface area contributed by atoms with Gasteiger partial charge in [0.05, 0.1) is 20.3 Å². The first-order valence-corrected chi connectivity index (χ1v) is 10.4. The Labute approximate surface area is 177 Å². The summed E-state index contributed by atoms with van der Waals surface area (Å²) in [6.45, 7) is 2.61. The van der Waals surface area contributed by atoms with Crippen LogP contribution in [0.4, 0.5) is 0 Å². The highest BCUT2D eigenvalue weighted by Gasteiger charge is 2.26. The van der Waals surface area contributed by atoms with Crippen molar-refractivity contribution in [3.63, 3.8) is 0 Å². The number of nitrogens with one attached hydrogen (secondary N) is 1. The summed E-state index contributed by atoms with van der Waals surface area (Å²) >= 11 is 0. The number of amides is 1. The van der Waals surface area contributed by atoms with Crippen molar-refractivity contribution in [2.75, 3.05) is 33.9 Å². The Hall–Kier alpha value is -3.05. The normalized spacial score (nSPS) is 15.1. The molecule has 4 rings (SSSR count). The monoisotopic (exact) mass is 404 g/mol. The maximum atomic E-state index is 13.1. The van der Waals surface area contributed by atoms with Crippen LogP contribution in [0.3, 0.4) is 0 Å². The predicted octanol–water partition coefficient (Wildman–Crippen LogP) is 4.42. The topological polar surface area (TPSA) is 50.8 Å². The van der Waals surface area contributed by atoms with Crippen molar-refractivity contribution in [1.82, 2.24) is 10.2 Å². The average Bonchev–Trinajstić information content (AvgIpc) is 3.33. The minimum Gasteiger partial charge on any atom is -0.496 e. The Kier molecular flexibility index (Phi) is 6.19. The van der Waals surface area contributed by atoms with E-state index in [0.29, 0.717) is 23.6 Å². The van der Waals surface area contributed by atoms with E-state index < -0.39 is 0 Å². The van der Waals surface area contributed by atoms with Crippen molar-refractivity contribution >= 4 is 16.7 Å². The third-order valence-corrected chi connectivity index (χ3v) is 5.87. The van der Waals surface area contributed by atoms with Crippen LogP contribution in [-0.2, 0) is 0 Å². The molecule has 0 bridgehead atoms. The number of carbonyl (C=O) groups excluding carboxylic acids is 1. The summed E-state index contributed by atoms with van der Waals surface area (Å²) in [5, 5.41) is 5.60. The lowest BCUT2D eigenvalue weighted by atomic mass is 9.97. The molecule has 1 saturated heterocycles. The van der Waals surface area contributed by atoms with Gasteiger partial charge in [0.2, 0.25) is 0 Å². The molecule has 0 unspecified atom stereocenters. The zero-order valence-electron chi connectivity index (χ0n) is 17.6. The fourth-order valence-electron chi connectivity index (χ4n) is 4.38. The SMILES string of the molecule is COc1cccc(OC)c1C(=O)NC[C@@H](c1cccc2ccccc12)N1CCCC1. The van der Waals surface area contributed by atoms with Crippen molar-refractivity contribution in [2.45, 2.75) is 18.9 Å². The Bertz CT molecular complexity index is 1000. The molecule has 1 fully saturated rings. The Morgan fingerprint density at radius 3 is 2.27 bits per heavy atom. The minimum atomic E-state index is -0.186. The van der Waals surface area contributed by atoms with Crippen LogP contribution in [0.1, 0.15) is 34.8 Å². The smallest absolute Gasteiger partial charge is 0.258 e. The highest BCUT2D eigenvalue weighted by molar-refractivity contribution is 5.99. The van der Waals surface area contributed by atoms with E-state index in [9.17, 15) is 4.79 Å². The van der Waals surface area contributed by atoms with Gasteiger partial charge < -0.3 is 14.8 Å². The molecule has 1 aliphatic heterocycles. The second-order valence-electron chi connectivity index (χ2n) is 7.57. The summed E-state index contributed by atoms with van der Waals surface area (Å²) < 4.78 is 10.8. The molecule has 156 valence electrons. The molecule has 1 amide bonds. The van der Waals surface area contributed by atoms with E-state index in [2.05, 4.69) is 52.7 Å². The van der Waals surface area contributed by atoms with Gasteiger partial charge in [0.25, 0.3) is 5.91 Å². The average molecular weight is 405 g/mol. The molecule has 5 nitrogen and oxygen atoms in total. The van der Waals surface area contributed by atoms with E-state index in [0.717, 1.165) is 13.1 Å². The molecule has 0 saturated carbocycles. The lowest BCUT2D eigenvalue weighted by molar-refractivity contribution is 0.0932. The van der Waals surface area contributed by atoms with Crippen molar-refractivity contribution in [1.29, 1.82) is 0 Å². The zero-order valence-corrected chi connectivity index (χ0v) is 17.6. The van der Waals surface area contributed by atoms with E-state index in [1.165, 1.54) is 29.2 Å². The lowest BCUT2D eigenvalue weighted by Gasteiger charge is -2.29. The molecule has 0 radical (unpaired) electrons. The van der Waals surface area contributed by atoms with Gasteiger partial charge in [-0.15, -0.1) is 0 Å². The molecule has 5 heteroatoms. The molecule has 1 heterocycles. The van der Waals surface area contributed by atoms with Gasteiger partial charge in [-0.1, -0.05) is 48.5 Å². The summed E-state index contributed by atoms with van der Waals surface area (Å²) in [7, 11) is 3.13. The van der Waals surface area contributed by atoms with Crippen LogP contribution < -0.4 is 14.8 Å². The fraction of sp³-hybridized carbons (Fsp3) is 0.320. The quantitative estimate of drug-likeness (QED) is 0.633. The van der Waals surface area contributed by atoms with Gasteiger partial charge in [-0.2, -0.15) is 0 Å². The summed E-state index contributed by atoms with van der Waals surface area (Å²) in [6.07, 6.45) is 2.38. The van der Waals surface area contributed by atoms with Crippen LogP contribution >= 0.6 is 0 Å². The van der Waals surface area contributed by atoms with Crippen molar-refractivity contribution in [2.24, 2.45) is 0 Å². The number of rotatable bonds is 7. The van der Waals surface area contributed by atoms with E-state index >= 15 is 0 Å². The Morgan fingerprint density at radius 1 is 0.933 bits per heavy atom. The van der Waals surface area contributed by atoms with Gasteiger partial charge >= 0.3 is 0 Å². The van der Waals surface area contributed by atoms with E-state index in [-0.39, 0.29) is 11.9 Å². The van der Waals surface area contributed by atoms with Gasteiger partial charge in [-0.3, -0.25) is 9.69 Å². The first kappa shape index (κ1) is 20.2. The molecule has 0 aromatic heterocycles. The number of nitrogens with zero attached hydrogens (tertiary/aromatic N) is 1. The van der Waals surface area contributed by atoms with E-state index in [4.69, 9.17) is 9.47 Å². The van der Waals surface area contributed by atoms with Crippen LogP contribution in [0.15, 0.2) is 60.7 Å². The van der Waals surface area contributed by atoms with E-state index in [1.807, 2.05) is 6.07 Å². The number of likely N-dealkylation sites (tertiary alicyclic amines) is 1. The van der Waals surface area contributed by atoms with Crippen LogP contribution in [-0.4, -0.2) is 44.7 Å².